The highest BCUT2D eigenvalue weighted by atomic mass is 16.4. The minimum atomic E-state index is -0.430. The molecule has 0 aliphatic heterocycles. The molecule has 0 bridgehead atoms. The number of hydrogen-bond donors (Lipinski definition) is 0. The van der Waals surface area contributed by atoms with Gasteiger partial charge in [0, 0.05) is 6.42 Å². The molecule has 0 saturated carbocycles. The monoisotopic (exact) mass is 230 g/mol. The van der Waals surface area contributed by atoms with Gasteiger partial charge < -0.3 is 4.42 Å². The minimum absolute atomic E-state index is 0.147. The molecule has 1 aromatic heterocycles. The Hall–Kier alpha value is -1.90. The molecule has 1 aromatic carbocycles. The van der Waals surface area contributed by atoms with Gasteiger partial charge >= 0.3 is 5.63 Å². The average Bonchev–Trinajstić information content (AvgIpc) is 2.32. The predicted molar refractivity (Wildman–Crippen MR) is 66.6 cm³/mol. The molecule has 3 nitrogen and oxygen atoms in total. The fraction of sp³-hybridized carbons (Fsp3) is 0.286. The number of hydrogen-bond acceptors (Lipinski definition) is 3. The molecule has 0 saturated heterocycles. The van der Waals surface area contributed by atoms with E-state index in [-0.39, 0.29) is 11.5 Å². The van der Waals surface area contributed by atoms with Crippen LogP contribution in [-0.2, 0) is 0 Å². The van der Waals surface area contributed by atoms with Crippen LogP contribution in [0.2, 0.25) is 0 Å². The molecule has 17 heavy (non-hydrogen) atoms. The van der Waals surface area contributed by atoms with E-state index >= 15 is 0 Å². The van der Waals surface area contributed by atoms with Crippen LogP contribution in [0.25, 0.3) is 10.8 Å². The van der Waals surface area contributed by atoms with Gasteiger partial charge in [-0.2, -0.15) is 0 Å². The Morgan fingerprint density at radius 3 is 2.65 bits per heavy atom. The fourth-order valence-electron chi connectivity index (χ4n) is 1.86. The van der Waals surface area contributed by atoms with Gasteiger partial charge in [-0.05, 0) is 36.4 Å². The van der Waals surface area contributed by atoms with E-state index in [0.717, 1.165) is 16.5 Å². The third-order valence-electron chi connectivity index (χ3n) is 3.06. The minimum Gasteiger partial charge on any atom is -0.419 e. The van der Waals surface area contributed by atoms with Gasteiger partial charge in [0.1, 0.15) is 0 Å². The van der Waals surface area contributed by atoms with Gasteiger partial charge in [-0.25, -0.2) is 4.79 Å². The number of carbonyl (C=O) groups excluding carboxylic acids is 1. The van der Waals surface area contributed by atoms with Crippen molar-refractivity contribution < 1.29 is 9.21 Å². The first-order chi connectivity index (χ1) is 8.04. The van der Waals surface area contributed by atoms with E-state index in [1.165, 1.54) is 0 Å². The summed E-state index contributed by atoms with van der Waals surface area (Å²) in [5.41, 5.74) is 1.52. The van der Waals surface area contributed by atoms with Crippen molar-refractivity contribution >= 4 is 16.6 Å². The summed E-state index contributed by atoms with van der Waals surface area (Å²) < 4.78 is 5.07. The summed E-state index contributed by atoms with van der Waals surface area (Å²) in [7, 11) is 0. The van der Waals surface area contributed by atoms with Crippen molar-refractivity contribution in [2.75, 3.05) is 0 Å². The molecule has 88 valence electrons. The van der Waals surface area contributed by atoms with Crippen LogP contribution >= 0.6 is 0 Å². The summed E-state index contributed by atoms with van der Waals surface area (Å²) in [4.78, 5) is 23.4. The summed E-state index contributed by atoms with van der Waals surface area (Å²) >= 11 is 0. The normalized spacial score (nSPS) is 10.8. The van der Waals surface area contributed by atoms with Crippen molar-refractivity contribution in [1.82, 2.24) is 0 Å². The Morgan fingerprint density at radius 2 is 2.00 bits per heavy atom. The topological polar surface area (TPSA) is 47.3 Å². The molecule has 0 amide bonds. The number of Topliss-reactive ketones (excluding diaryl/α,β-unsaturated/α-hetero) is 1. The van der Waals surface area contributed by atoms with Crippen LogP contribution in [0.1, 0.15) is 35.0 Å². The first-order valence-electron chi connectivity index (χ1n) is 5.62. The SMILES string of the molecule is CCC(=O)c1cc2ccc(C)c(C)c2c(=O)o1. The molecule has 0 radical (unpaired) electrons. The standard InChI is InChI=1S/C14H14O3/c1-4-11(15)12-7-10-6-5-8(2)9(3)13(10)14(16)17-12/h5-7H,4H2,1-3H3. The number of ketones is 1. The molecule has 0 unspecified atom stereocenters. The van der Waals surface area contributed by atoms with Crippen LogP contribution in [0.15, 0.2) is 27.4 Å². The van der Waals surface area contributed by atoms with Crippen LogP contribution in [0.5, 0.6) is 0 Å². The van der Waals surface area contributed by atoms with Crippen LogP contribution in [0.4, 0.5) is 0 Å². The molecule has 1 heterocycles. The highest BCUT2D eigenvalue weighted by molar-refractivity contribution is 5.97. The Kier molecular flexibility index (Phi) is 2.84. The van der Waals surface area contributed by atoms with E-state index in [1.54, 1.807) is 13.0 Å². The average molecular weight is 230 g/mol. The highest BCUT2D eigenvalue weighted by Gasteiger charge is 2.12. The summed E-state index contributed by atoms with van der Waals surface area (Å²) in [6.45, 7) is 5.57. The van der Waals surface area contributed by atoms with Crippen LogP contribution < -0.4 is 5.63 Å². The zero-order valence-electron chi connectivity index (χ0n) is 10.2. The summed E-state index contributed by atoms with van der Waals surface area (Å²) in [6, 6.07) is 5.44. The van der Waals surface area contributed by atoms with E-state index in [1.807, 2.05) is 26.0 Å². The van der Waals surface area contributed by atoms with Gasteiger partial charge in [-0.1, -0.05) is 19.1 Å². The molecular weight excluding hydrogens is 216 g/mol. The molecule has 2 aromatic rings. The number of carbonyl (C=O) groups is 1. The second-order valence-corrected chi connectivity index (χ2v) is 4.15. The lowest BCUT2D eigenvalue weighted by atomic mass is 10.0. The van der Waals surface area contributed by atoms with E-state index in [2.05, 4.69) is 0 Å². The first kappa shape index (κ1) is 11.6. The van der Waals surface area contributed by atoms with Gasteiger partial charge in [0.25, 0.3) is 0 Å². The fourth-order valence-corrected chi connectivity index (χ4v) is 1.86. The third kappa shape index (κ3) is 1.88. The summed E-state index contributed by atoms with van der Waals surface area (Å²) in [5.74, 6) is -0.00418. The second-order valence-electron chi connectivity index (χ2n) is 4.15. The van der Waals surface area contributed by atoms with E-state index in [4.69, 9.17) is 4.42 Å². The molecule has 3 heteroatoms. The Morgan fingerprint density at radius 1 is 1.29 bits per heavy atom. The lowest BCUT2D eigenvalue weighted by molar-refractivity contribution is 0.0957. The van der Waals surface area contributed by atoms with Crippen molar-refractivity contribution in [2.24, 2.45) is 0 Å². The van der Waals surface area contributed by atoms with Gasteiger partial charge in [-0.3, -0.25) is 4.79 Å². The molecule has 0 aliphatic rings. The van der Waals surface area contributed by atoms with E-state index in [0.29, 0.717) is 11.8 Å². The summed E-state index contributed by atoms with van der Waals surface area (Å²) in [5, 5.41) is 1.33. The molecule has 0 aliphatic carbocycles. The zero-order valence-corrected chi connectivity index (χ0v) is 10.2. The molecule has 0 N–H and O–H groups in total. The van der Waals surface area contributed by atoms with Crippen molar-refractivity contribution in [1.29, 1.82) is 0 Å². The van der Waals surface area contributed by atoms with E-state index < -0.39 is 5.63 Å². The molecule has 0 atom stereocenters. The third-order valence-corrected chi connectivity index (χ3v) is 3.06. The van der Waals surface area contributed by atoms with Gasteiger partial charge in [0.2, 0.25) is 0 Å². The highest BCUT2D eigenvalue weighted by Crippen LogP contribution is 2.19. The van der Waals surface area contributed by atoms with Gasteiger partial charge in [0.15, 0.2) is 11.5 Å². The Bertz CT molecular complexity index is 650. The maximum absolute atomic E-state index is 11.9. The number of aryl methyl sites for hydroxylation is 2. The van der Waals surface area contributed by atoms with E-state index in [9.17, 15) is 9.59 Å². The van der Waals surface area contributed by atoms with Gasteiger partial charge in [-0.15, -0.1) is 0 Å². The van der Waals surface area contributed by atoms with Crippen molar-refractivity contribution in [2.45, 2.75) is 27.2 Å². The number of fused-ring (bicyclic) bond motifs is 1. The molecule has 2 rings (SSSR count). The Labute approximate surface area is 99.1 Å². The summed E-state index contributed by atoms with van der Waals surface area (Å²) in [6.07, 6.45) is 0.333. The molecular formula is C14H14O3. The van der Waals surface area contributed by atoms with Gasteiger partial charge in [0.05, 0.1) is 5.39 Å². The molecule has 0 fully saturated rings. The smallest absolute Gasteiger partial charge is 0.344 e. The second kappa shape index (κ2) is 4.17. The lowest BCUT2D eigenvalue weighted by Gasteiger charge is -2.05. The first-order valence-corrected chi connectivity index (χ1v) is 5.62. The van der Waals surface area contributed by atoms with Crippen LogP contribution in [0, 0.1) is 13.8 Å². The van der Waals surface area contributed by atoms with Crippen molar-refractivity contribution in [3.05, 3.63) is 45.5 Å². The Balaban J connectivity index is 2.82. The number of rotatable bonds is 2. The van der Waals surface area contributed by atoms with Crippen LogP contribution in [0.3, 0.4) is 0 Å². The van der Waals surface area contributed by atoms with Crippen molar-refractivity contribution in [3.8, 4) is 0 Å². The molecule has 0 spiro atoms. The largest absolute Gasteiger partial charge is 0.419 e. The maximum atomic E-state index is 11.9. The number of benzene rings is 1. The lowest BCUT2D eigenvalue weighted by Crippen LogP contribution is -2.08. The van der Waals surface area contributed by atoms with Crippen LogP contribution in [-0.4, -0.2) is 5.78 Å². The van der Waals surface area contributed by atoms with Crippen molar-refractivity contribution in [3.63, 3.8) is 0 Å². The quantitative estimate of drug-likeness (QED) is 0.745. The predicted octanol–water partition coefficient (Wildman–Crippen LogP) is 3.00. The zero-order chi connectivity index (χ0) is 12.6. The maximum Gasteiger partial charge on any atom is 0.344 e.